The first-order valence-corrected chi connectivity index (χ1v) is 8.96. The number of hydrogen-bond donors (Lipinski definition) is 1. The molecular weight excluding hydrogens is 258 g/mol. The van der Waals surface area contributed by atoms with Gasteiger partial charge in [0.15, 0.2) is 0 Å². The molecule has 0 saturated heterocycles. The highest BCUT2D eigenvalue weighted by Gasteiger charge is 2.18. The molecule has 1 unspecified atom stereocenters. The van der Waals surface area contributed by atoms with Crippen LogP contribution in [0.5, 0.6) is 0 Å². The molecule has 1 atom stereocenters. The van der Waals surface area contributed by atoms with Crippen LogP contribution in [-0.2, 0) is 0 Å². The van der Waals surface area contributed by atoms with Gasteiger partial charge in [-0.3, -0.25) is 4.99 Å². The maximum absolute atomic E-state index is 5.96. The summed E-state index contributed by atoms with van der Waals surface area (Å²) in [6.45, 7) is 6.19. The maximum atomic E-state index is 5.96. The van der Waals surface area contributed by atoms with Crippen molar-refractivity contribution in [1.29, 1.82) is 0 Å². The van der Waals surface area contributed by atoms with Gasteiger partial charge in [0.1, 0.15) is 5.84 Å². The molecule has 0 aromatic carbocycles. The number of hydrogen-bond acceptors (Lipinski definition) is 3. The molecule has 0 saturated carbocycles. The van der Waals surface area contributed by atoms with Crippen LogP contribution >= 0.6 is 0 Å². The van der Waals surface area contributed by atoms with Crippen LogP contribution in [0.2, 0.25) is 0 Å². The van der Waals surface area contributed by atoms with Crippen molar-refractivity contribution < 1.29 is 0 Å². The Bertz CT molecular complexity index is 308. The third kappa shape index (κ3) is 8.25. The first-order valence-electron chi connectivity index (χ1n) is 8.96. The fraction of sp³-hybridized carbons (Fsp3) is 0.833. The highest BCUT2D eigenvalue weighted by atomic mass is 15.3. The van der Waals surface area contributed by atoms with E-state index in [1.807, 2.05) is 0 Å². The standard InChI is InChI=1S/C18H35N3/c1-3-4-5-6-7-8-9-10-11-12-13-14-18-20-15-16-21(18)17(2)19/h4-5,17H,3,6-16,19H2,1-2H3/b5-4+. The molecule has 0 amide bonds. The van der Waals surface area contributed by atoms with E-state index in [1.165, 1.54) is 63.6 Å². The van der Waals surface area contributed by atoms with Crippen LogP contribution in [0.4, 0.5) is 0 Å². The summed E-state index contributed by atoms with van der Waals surface area (Å²) in [5.41, 5.74) is 5.96. The van der Waals surface area contributed by atoms with Crippen molar-refractivity contribution >= 4 is 5.84 Å². The molecule has 0 spiro atoms. The Morgan fingerprint density at radius 2 is 1.76 bits per heavy atom. The number of rotatable bonds is 12. The average molecular weight is 293 g/mol. The molecule has 3 nitrogen and oxygen atoms in total. The molecule has 0 bridgehead atoms. The fourth-order valence-electron chi connectivity index (χ4n) is 2.88. The Morgan fingerprint density at radius 3 is 2.43 bits per heavy atom. The van der Waals surface area contributed by atoms with Gasteiger partial charge < -0.3 is 10.6 Å². The van der Waals surface area contributed by atoms with E-state index in [4.69, 9.17) is 5.73 Å². The Labute approximate surface area is 131 Å². The van der Waals surface area contributed by atoms with Gasteiger partial charge >= 0.3 is 0 Å². The summed E-state index contributed by atoms with van der Waals surface area (Å²) >= 11 is 0. The quantitative estimate of drug-likeness (QED) is 0.426. The van der Waals surface area contributed by atoms with Crippen molar-refractivity contribution in [3.05, 3.63) is 12.2 Å². The van der Waals surface area contributed by atoms with E-state index < -0.39 is 0 Å². The van der Waals surface area contributed by atoms with Gasteiger partial charge in [0.05, 0.1) is 12.7 Å². The smallest absolute Gasteiger partial charge is 0.100 e. The van der Waals surface area contributed by atoms with Crippen LogP contribution in [-0.4, -0.2) is 30.0 Å². The lowest BCUT2D eigenvalue weighted by molar-refractivity contribution is 0.358. The van der Waals surface area contributed by atoms with Crippen molar-refractivity contribution in [2.45, 2.75) is 84.2 Å². The summed E-state index contributed by atoms with van der Waals surface area (Å²) in [4.78, 5) is 6.83. The van der Waals surface area contributed by atoms with Crippen LogP contribution in [0.1, 0.15) is 78.1 Å². The van der Waals surface area contributed by atoms with Gasteiger partial charge in [-0.05, 0) is 32.6 Å². The fourth-order valence-corrected chi connectivity index (χ4v) is 2.88. The minimum Gasteiger partial charge on any atom is -0.343 e. The summed E-state index contributed by atoms with van der Waals surface area (Å²) < 4.78 is 0. The predicted molar refractivity (Wildman–Crippen MR) is 93.6 cm³/mol. The third-order valence-corrected chi connectivity index (χ3v) is 4.13. The van der Waals surface area contributed by atoms with Gasteiger partial charge in [0.25, 0.3) is 0 Å². The Balaban J connectivity index is 1.90. The molecule has 0 radical (unpaired) electrons. The summed E-state index contributed by atoms with van der Waals surface area (Å²) in [5, 5.41) is 0. The number of nitrogens with zero attached hydrogens (tertiary/aromatic N) is 2. The lowest BCUT2D eigenvalue weighted by atomic mass is 10.1. The maximum Gasteiger partial charge on any atom is 0.100 e. The first-order chi connectivity index (χ1) is 10.3. The van der Waals surface area contributed by atoms with E-state index in [0.717, 1.165) is 19.5 Å². The van der Waals surface area contributed by atoms with Crippen molar-refractivity contribution in [1.82, 2.24) is 4.90 Å². The molecular formula is C18H35N3. The minimum absolute atomic E-state index is 0.119. The van der Waals surface area contributed by atoms with Crippen molar-refractivity contribution in [3.8, 4) is 0 Å². The van der Waals surface area contributed by atoms with Crippen LogP contribution < -0.4 is 5.73 Å². The Hall–Kier alpha value is -0.830. The monoisotopic (exact) mass is 293 g/mol. The van der Waals surface area contributed by atoms with Crippen LogP contribution in [0, 0.1) is 0 Å². The zero-order chi connectivity index (χ0) is 15.3. The van der Waals surface area contributed by atoms with Crippen molar-refractivity contribution in [3.63, 3.8) is 0 Å². The topological polar surface area (TPSA) is 41.6 Å². The van der Waals surface area contributed by atoms with Gasteiger partial charge in [0.2, 0.25) is 0 Å². The lowest BCUT2D eigenvalue weighted by Crippen LogP contribution is -2.41. The second kappa shape index (κ2) is 11.8. The minimum atomic E-state index is 0.119. The summed E-state index contributed by atoms with van der Waals surface area (Å²) in [7, 11) is 0. The lowest BCUT2D eigenvalue weighted by Gasteiger charge is -2.24. The normalized spacial score (nSPS) is 16.7. The second-order valence-electron chi connectivity index (χ2n) is 6.13. The largest absolute Gasteiger partial charge is 0.343 e. The van der Waals surface area contributed by atoms with E-state index in [1.54, 1.807) is 0 Å². The zero-order valence-corrected chi connectivity index (χ0v) is 14.2. The van der Waals surface area contributed by atoms with E-state index in [-0.39, 0.29) is 6.17 Å². The SMILES string of the molecule is CC/C=C/CCCCCCCCCC1=NCCN1C(C)N. The number of aliphatic imine (C=N–C) groups is 1. The molecule has 0 fully saturated rings. The molecule has 3 heteroatoms. The van der Waals surface area contributed by atoms with Gasteiger partial charge in [-0.2, -0.15) is 0 Å². The van der Waals surface area contributed by atoms with Crippen molar-refractivity contribution in [2.24, 2.45) is 10.7 Å². The van der Waals surface area contributed by atoms with Gasteiger partial charge in [-0.15, -0.1) is 0 Å². The second-order valence-corrected chi connectivity index (χ2v) is 6.13. The molecule has 1 rings (SSSR count). The highest BCUT2D eigenvalue weighted by Crippen LogP contribution is 2.13. The van der Waals surface area contributed by atoms with Crippen LogP contribution in [0.3, 0.4) is 0 Å². The molecule has 21 heavy (non-hydrogen) atoms. The number of unbranched alkanes of at least 4 members (excludes halogenated alkanes) is 7. The van der Waals surface area contributed by atoms with Gasteiger partial charge in [-0.1, -0.05) is 51.2 Å². The molecule has 1 aliphatic rings. The number of amidine groups is 1. The Kier molecular flexibility index (Phi) is 10.2. The van der Waals surface area contributed by atoms with Crippen molar-refractivity contribution in [2.75, 3.05) is 13.1 Å². The van der Waals surface area contributed by atoms with Crippen LogP contribution in [0.15, 0.2) is 17.1 Å². The summed E-state index contributed by atoms with van der Waals surface area (Å²) in [6.07, 6.45) is 17.8. The van der Waals surface area contributed by atoms with Crippen LogP contribution in [0.25, 0.3) is 0 Å². The van der Waals surface area contributed by atoms with Gasteiger partial charge in [-0.25, -0.2) is 0 Å². The first kappa shape index (κ1) is 18.2. The molecule has 2 N–H and O–H groups in total. The number of allylic oxidation sites excluding steroid dienone is 2. The number of nitrogens with two attached hydrogens (primary N) is 1. The van der Waals surface area contributed by atoms with Gasteiger partial charge in [0, 0.05) is 13.0 Å². The average Bonchev–Trinajstić information content (AvgIpc) is 2.93. The molecule has 1 heterocycles. The zero-order valence-electron chi connectivity index (χ0n) is 14.2. The van der Waals surface area contributed by atoms with E-state index in [2.05, 4.69) is 35.9 Å². The molecule has 0 aliphatic carbocycles. The molecule has 0 aromatic heterocycles. The molecule has 122 valence electrons. The predicted octanol–water partition coefficient (Wildman–Crippen LogP) is 4.48. The Morgan fingerprint density at radius 1 is 1.10 bits per heavy atom. The highest BCUT2D eigenvalue weighted by molar-refractivity contribution is 5.83. The van der Waals surface area contributed by atoms with E-state index >= 15 is 0 Å². The van der Waals surface area contributed by atoms with E-state index in [9.17, 15) is 0 Å². The molecule has 1 aliphatic heterocycles. The third-order valence-electron chi connectivity index (χ3n) is 4.13. The molecule has 0 aromatic rings. The summed E-state index contributed by atoms with van der Waals surface area (Å²) in [5.74, 6) is 1.24. The summed E-state index contributed by atoms with van der Waals surface area (Å²) in [6, 6.07) is 0. The van der Waals surface area contributed by atoms with E-state index in [0.29, 0.717) is 0 Å².